The molecule has 1 aromatic carbocycles. The largest absolute Gasteiger partial charge is 0.497 e. The van der Waals surface area contributed by atoms with Gasteiger partial charge in [0.05, 0.1) is 13.2 Å². The molecular weight excluding hydrogens is 280 g/mol. The van der Waals surface area contributed by atoms with Crippen molar-refractivity contribution in [3.63, 3.8) is 0 Å². The number of hydrogen-bond donors (Lipinski definition) is 3. The Bertz CT molecular complexity index is 485. The molecule has 0 spiro atoms. The Labute approximate surface area is 132 Å². The number of methoxy groups -OCH3 is 1. The summed E-state index contributed by atoms with van der Waals surface area (Å²) in [5, 5.41) is 15.9. The second-order valence-electron chi connectivity index (χ2n) is 6.06. The van der Waals surface area contributed by atoms with Crippen LogP contribution in [0.3, 0.4) is 0 Å². The first kappa shape index (κ1) is 16.8. The molecule has 1 aliphatic carbocycles. The number of rotatable bonds is 6. The predicted molar refractivity (Wildman–Crippen MR) is 87.1 cm³/mol. The summed E-state index contributed by atoms with van der Waals surface area (Å²) in [5.41, 5.74) is 0.748. The van der Waals surface area contributed by atoms with Gasteiger partial charge in [0.1, 0.15) is 5.75 Å². The average molecular weight is 306 g/mol. The maximum absolute atomic E-state index is 12.1. The van der Waals surface area contributed by atoms with Gasteiger partial charge in [0.2, 0.25) is 5.91 Å². The second-order valence-corrected chi connectivity index (χ2v) is 6.06. The molecule has 1 unspecified atom stereocenters. The molecule has 5 nitrogen and oxygen atoms in total. The summed E-state index contributed by atoms with van der Waals surface area (Å²) in [6, 6.07) is 7.87. The number of nitrogens with one attached hydrogen (secondary N) is 2. The zero-order chi connectivity index (χ0) is 15.9. The molecule has 0 radical (unpaired) electrons. The first-order valence-corrected chi connectivity index (χ1v) is 7.95. The molecule has 0 aromatic heterocycles. The maximum Gasteiger partial charge on any atom is 0.225 e. The SMILES string of the molecule is COc1cccc(NC(=O)CC(C)NC2CCC(O)CC2)c1. The number of ether oxygens (including phenoxy) is 1. The number of anilines is 1. The fourth-order valence-corrected chi connectivity index (χ4v) is 2.89. The van der Waals surface area contributed by atoms with E-state index in [-0.39, 0.29) is 18.1 Å². The van der Waals surface area contributed by atoms with Crippen LogP contribution in [0.25, 0.3) is 0 Å². The molecule has 1 fully saturated rings. The lowest BCUT2D eigenvalue weighted by atomic mass is 9.92. The highest BCUT2D eigenvalue weighted by Gasteiger charge is 2.21. The molecule has 0 heterocycles. The molecule has 22 heavy (non-hydrogen) atoms. The van der Waals surface area contributed by atoms with Crippen LogP contribution in [-0.4, -0.2) is 36.3 Å². The smallest absolute Gasteiger partial charge is 0.225 e. The molecule has 3 N–H and O–H groups in total. The summed E-state index contributed by atoms with van der Waals surface area (Å²) in [5.74, 6) is 0.717. The van der Waals surface area contributed by atoms with E-state index in [0.29, 0.717) is 12.5 Å². The molecule has 0 aliphatic heterocycles. The molecule has 0 saturated heterocycles. The Morgan fingerprint density at radius 3 is 2.77 bits per heavy atom. The molecule has 1 saturated carbocycles. The Morgan fingerprint density at radius 1 is 1.36 bits per heavy atom. The lowest BCUT2D eigenvalue weighted by molar-refractivity contribution is -0.116. The number of carbonyl (C=O) groups is 1. The minimum absolute atomic E-state index is 0.0101. The van der Waals surface area contributed by atoms with Gasteiger partial charge in [-0.25, -0.2) is 0 Å². The molecule has 2 rings (SSSR count). The first-order valence-electron chi connectivity index (χ1n) is 7.95. The number of benzene rings is 1. The molecule has 122 valence electrons. The van der Waals surface area contributed by atoms with Crippen LogP contribution in [0.1, 0.15) is 39.0 Å². The summed E-state index contributed by atoms with van der Waals surface area (Å²) in [6.07, 6.45) is 3.92. The molecule has 1 atom stereocenters. The van der Waals surface area contributed by atoms with E-state index in [0.717, 1.165) is 37.1 Å². The normalized spacial score (nSPS) is 22.9. The number of hydrogen-bond acceptors (Lipinski definition) is 4. The topological polar surface area (TPSA) is 70.6 Å². The van der Waals surface area contributed by atoms with Crippen molar-refractivity contribution in [3.8, 4) is 5.75 Å². The van der Waals surface area contributed by atoms with E-state index in [9.17, 15) is 9.90 Å². The van der Waals surface area contributed by atoms with Gasteiger partial charge < -0.3 is 20.5 Å². The van der Waals surface area contributed by atoms with Crippen molar-refractivity contribution in [2.75, 3.05) is 12.4 Å². The van der Waals surface area contributed by atoms with E-state index in [1.165, 1.54) is 0 Å². The summed E-state index contributed by atoms with van der Waals surface area (Å²) >= 11 is 0. The Balaban J connectivity index is 1.76. The molecule has 0 bridgehead atoms. The van der Waals surface area contributed by atoms with Crippen LogP contribution in [0.15, 0.2) is 24.3 Å². The molecule has 1 aromatic rings. The number of aliphatic hydroxyl groups is 1. The Kier molecular flexibility index (Phi) is 6.21. The van der Waals surface area contributed by atoms with Gasteiger partial charge in [-0.15, -0.1) is 0 Å². The maximum atomic E-state index is 12.1. The summed E-state index contributed by atoms with van der Waals surface area (Å²) < 4.78 is 5.14. The third-order valence-corrected chi connectivity index (χ3v) is 4.06. The van der Waals surface area contributed by atoms with Crippen molar-refractivity contribution in [1.29, 1.82) is 0 Å². The van der Waals surface area contributed by atoms with Crippen LogP contribution in [0, 0.1) is 0 Å². The number of carbonyl (C=O) groups excluding carboxylic acids is 1. The molecule has 1 aliphatic rings. The van der Waals surface area contributed by atoms with Gasteiger partial charge in [-0.05, 0) is 44.7 Å². The van der Waals surface area contributed by atoms with Crippen molar-refractivity contribution in [1.82, 2.24) is 5.32 Å². The van der Waals surface area contributed by atoms with E-state index in [4.69, 9.17) is 4.74 Å². The zero-order valence-corrected chi connectivity index (χ0v) is 13.3. The zero-order valence-electron chi connectivity index (χ0n) is 13.3. The molecule has 1 amide bonds. The van der Waals surface area contributed by atoms with E-state index in [1.807, 2.05) is 25.1 Å². The van der Waals surface area contributed by atoms with Gasteiger partial charge in [0, 0.05) is 30.3 Å². The Morgan fingerprint density at radius 2 is 2.09 bits per heavy atom. The van der Waals surface area contributed by atoms with Gasteiger partial charge in [-0.2, -0.15) is 0 Å². The third kappa shape index (κ3) is 5.31. The highest BCUT2D eigenvalue weighted by atomic mass is 16.5. The summed E-state index contributed by atoms with van der Waals surface area (Å²) in [4.78, 5) is 12.1. The fourth-order valence-electron chi connectivity index (χ4n) is 2.89. The minimum Gasteiger partial charge on any atom is -0.497 e. The van der Waals surface area contributed by atoms with E-state index >= 15 is 0 Å². The predicted octanol–water partition coefficient (Wildman–Crippen LogP) is 2.31. The van der Waals surface area contributed by atoms with Gasteiger partial charge in [-0.3, -0.25) is 4.79 Å². The minimum atomic E-state index is -0.148. The van der Waals surface area contributed by atoms with Crippen LogP contribution >= 0.6 is 0 Å². The van der Waals surface area contributed by atoms with Gasteiger partial charge in [-0.1, -0.05) is 6.07 Å². The van der Waals surface area contributed by atoms with Gasteiger partial charge >= 0.3 is 0 Å². The average Bonchev–Trinajstić information content (AvgIpc) is 2.49. The molecular formula is C17H26N2O3. The summed E-state index contributed by atoms with van der Waals surface area (Å²) in [7, 11) is 1.61. The van der Waals surface area contributed by atoms with Crippen LogP contribution in [-0.2, 0) is 4.79 Å². The monoisotopic (exact) mass is 306 g/mol. The van der Waals surface area contributed by atoms with Crippen LogP contribution in [0.2, 0.25) is 0 Å². The van der Waals surface area contributed by atoms with Crippen LogP contribution in [0.5, 0.6) is 5.75 Å². The van der Waals surface area contributed by atoms with Crippen molar-refractivity contribution in [2.24, 2.45) is 0 Å². The fraction of sp³-hybridized carbons (Fsp3) is 0.588. The highest BCUT2D eigenvalue weighted by Crippen LogP contribution is 2.19. The molecule has 5 heteroatoms. The van der Waals surface area contributed by atoms with Crippen molar-refractivity contribution >= 4 is 11.6 Å². The Hall–Kier alpha value is -1.59. The van der Waals surface area contributed by atoms with Gasteiger partial charge in [0.15, 0.2) is 0 Å². The standard InChI is InChI=1S/C17H26N2O3/c1-12(18-13-6-8-15(20)9-7-13)10-17(21)19-14-4-3-5-16(11-14)22-2/h3-5,11-13,15,18,20H,6-10H2,1-2H3,(H,19,21). The van der Waals surface area contributed by atoms with Gasteiger partial charge in [0.25, 0.3) is 0 Å². The van der Waals surface area contributed by atoms with Crippen LogP contribution in [0.4, 0.5) is 5.69 Å². The van der Waals surface area contributed by atoms with E-state index in [1.54, 1.807) is 13.2 Å². The van der Waals surface area contributed by atoms with E-state index < -0.39 is 0 Å². The van der Waals surface area contributed by atoms with Crippen molar-refractivity contribution < 1.29 is 14.6 Å². The van der Waals surface area contributed by atoms with Crippen molar-refractivity contribution in [3.05, 3.63) is 24.3 Å². The number of aliphatic hydroxyl groups excluding tert-OH is 1. The van der Waals surface area contributed by atoms with E-state index in [2.05, 4.69) is 10.6 Å². The highest BCUT2D eigenvalue weighted by molar-refractivity contribution is 5.91. The van der Waals surface area contributed by atoms with Crippen molar-refractivity contribution in [2.45, 2.75) is 57.2 Å². The lowest BCUT2D eigenvalue weighted by Crippen LogP contribution is -2.41. The lowest BCUT2D eigenvalue weighted by Gasteiger charge is -2.28. The summed E-state index contributed by atoms with van der Waals surface area (Å²) in [6.45, 7) is 2.02. The first-order chi connectivity index (χ1) is 10.6. The van der Waals surface area contributed by atoms with Crippen LogP contribution < -0.4 is 15.4 Å². The second kappa shape index (κ2) is 8.15. The third-order valence-electron chi connectivity index (χ3n) is 4.06. The quantitative estimate of drug-likeness (QED) is 0.754. The number of amides is 1.